The quantitative estimate of drug-likeness (QED) is 0.158. The van der Waals surface area contributed by atoms with E-state index in [1.165, 1.54) is 77.9 Å². The molecule has 0 saturated carbocycles. The maximum atomic E-state index is 6.46. The monoisotopic (exact) mass is 1050 g/mol. The zero-order chi connectivity index (χ0) is 54.6. The number of nitrogens with zero attached hydrogens (tertiary/aromatic N) is 2. The number of benzene rings is 6. The number of rotatable bonds is 2. The summed E-state index contributed by atoms with van der Waals surface area (Å²) in [6, 6.07) is 56.5. The molecule has 8 nitrogen and oxygen atoms in total. The Kier molecular flexibility index (Phi) is 11.5. The van der Waals surface area contributed by atoms with E-state index in [0.29, 0.717) is 0 Å². The minimum atomic E-state index is -0.476. The fourth-order valence-corrected chi connectivity index (χ4v) is 13.2. The molecular weight excluding hydrogens is 985 g/mol. The molecular formula is C66H64B3ClN2O6. The summed E-state index contributed by atoms with van der Waals surface area (Å²) in [5, 5.41) is 0.762. The van der Waals surface area contributed by atoms with Gasteiger partial charge in [-0.3, -0.25) is 9.97 Å². The third-order valence-electron chi connectivity index (χ3n) is 19.0. The van der Waals surface area contributed by atoms with Crippen molar-refractivity contribution in [3.8, 4) is 44.8 Å². The molecule has 8 aromatic rings. The lowest BCUT2D eigenvalue weighted by Crippen LogP contribution is -2.41. The molecule has 4 aliphatic carbocycles. The van der Waals surface area contributed by atoms with Gasteiger partial charge in [-0.25, -0.2) is 0 Å². The molecule has 15 rings (SSSR count). The first-order valence-electron chi connectivity index (χ1n) is 27.4. The number of hydrogen-bond acceptors (Lipinski definition) is 8. The number of fused-ring (bicyclic) bond motifs is 20. The highest BCUT2D eigenvalue weighted by Crippen LogP contribution is 2.64. The Hall–Kier alpha value is -6.14. The van der Waals surface area contributed by atoms with Crippen LogP contribution >= 0.6 is 11.6 Å². The minimum absolute atomic E-state index is 0.336. The molecule has 0 radical (unpaired) electrons. The maximum Gasteiger partial charge on any atom is 0.494 e. The van der Waals surface area contributed by atoms with Crippen molar-refractivity contribution in [3.63, 3.8) is 0 Å². The molecule has 0 N–H and O–H groups in total. The van der Waals surface area contributed by atoms with Gasteiger partial charge in [0.05, 0.1) is 55.8 Å². The first kappa shape index (κ1) is 51.3. The molecule has 0 amide bonds. The molecule has 3 fully saturated rings. The average molecular weight is 1050 g/mol. The van der Waals surface area contributed by atoms with E-state index < -0.39 is 26.6 Å². The summed E-state index contributed by atoms with van der Waals surface area (Å²) in [4.78, 5) is 9.63. The lowest BCUT2D eigenvalue weighted by atomic mass is 9.49. The molecule has 3 saturated heterocycles. The van der Waals surface area contributed by atoms with Crippen molar-refractivity contribution in [1.29, 1.82) is 0 Å². The molecule has 5 heterocycles. The van der Waals surface area contributed by atoms with Crippen LogP contribution in [-0.2, 0) is 38.8 Å². The van der Waals surface area contributed by atoms with Crippen molar-refractivity contribution >= 4 is 38.2 Å². The second kappa shape index (κ2) is 17.4. The van der Waals surface area contributed by atoms with Crippen molar-refractivity contribution in [2.24, 2.45) is 0 Å². The fraction of sp³-hybridized carbons (Fsp3) is 0.303. The summed E-state index contributed by atoms with van der Waals surface area (Å²) in [5.74, 6) is 0. The van der Waals surface area contributed by atoms with E-state index in [1.807, 2.05) is 79.9 Å². The van der Waals surface area contributed by atoms with Gasteiger partial charge in [-0.1, -0.05) is 145 Å². The highest BCUT2D eigenvalue weighted by atomic mass is 35.5. The summed E-state index contributed by atoms with van der Waals surface area (Å²) in [7, 11) is -1.36. The van der Waals surface area contributed by atoms with Gasteiger partial charge in [-0.2, -0.15) is 0 Å². The second-order valence-electron chi connectivity index (χ2n) is 24.8. The van der Waals surface area contributed by atoms with Gasteiger partial charge in [0.2, 0.25) is 0 Å². The Labute approximate surface area is 465 Å². The number of aromatic nitrogens is 2. The lowest BCUT2D eigenvalue weighted by molar-refractivity contribution is 0.00578. The molecule has 2 aromatic heterocycles. The summed E-state index contributed by atoms with van der Waals surface area (Å²) in [5.41, 5.74) is 18.0. The van der Waals surface area contributed by atoms with E-state index >= 15 is 0 Å². The molecule has 390 valence electrons. The largest absolute Gasteiger partial charge is 0.494 e. The van der Waals surface area contributed by atoms with Gasteiger partial charge in [0.25, 0.3) is 0 Å². The third kappa shape index (κ3) is 7.18. The molecule has 12 heteroatoms. The van der Waals surface area contributed by atoms with E-state index in [-0.39, 0.29) is 39.0 Å². The van der Waals surface area contributed by atoms with E-state index in [4.69, 9.17) is 49.5 Å². The van der Waals surface area contributed by atoms with Gasteiger partial charge in [0, 0.05) is 28.5 Å². The maximum absolute atomic E-state index is 6.46. The first-order chi connectivity index (χ1) is 37.0. The van der Waals surface area contributed by atoms with Crippen LogP contribution < -0.4 is 5.46 Å². The molecule has 78 heavy (non-hydrogen) atoms. The zero-order valence-electron chi connectivity index (χ0n) is 46.6. The number of halogens is 1. The van der Waals surface area contributed by atoms with Crippen LogP contribution in [0.5, 0.6) is 0 Å². The van der Waals surface area contributed by atoms with Gasteiger partial charge < -0.3 is 27.9 Å². The highest BCUT2D eigenvalue weighted by molar-refractivity contribution is 7.11. The van der Waals surface area contributed by atoms with Crippen LogP contribution in [0.2, 0.25) is 5.02 Å². The Morgan fingerprint density at radius 1 is 0.321 bits per heavy atom. The van der Waals surface area contributed by atoms with Crippen LogP contribution in [0.1, 0.15) is 128 Å². The first-order valence-corrected chi connectivity index (χ1v) is 27.7. The van der Waals surface area contributed by atoms with Crippen LogP contribution in [0.3, 0.4) is 0 Å². The SMILES string of the molecule is CC1(C)OB(B2OC(C)(C)C(C)(C)O2)OC1(C)C.CC1(C)OB(c2ccc3c(c2)C2(c4ccccc4-c4ccccc42)c2cccnc2-3)OC1(C)C.Clc1ccc2c(c1)C1(c3ccccc3-c3ccccc31)c1cccnc1-2. The van der Waals surface area contributed by atoms with Crippen molar-refractivity contribution in [3.05, 3.63) is 220 Å². The van der Waals surface area contributed by atoms with E-state index in [2.05, 4.69) is 173 Å². The number of hydrogen-bond donors (Lipinski definition) is 0. The van der Waals surface area contributed by atoms with Crippen molar-refractivity contribution in [1.82, 2.24) is 9.97 Å². The lowest BCUT2D eigenvalue weighted by Gasteiger charge is -2.32. The van der Waals surface area contributed by atoms with Crippen LogP contribution in [0.4, 0.5) is 0 Å². The van der Waals surface area contributed by atoms with Crippen molar-refractivity contribution in [2.45, 2.75) is 128 Å². The predicted molar refractivity (Wildman–Crippen MR) is 314 cm³/mol. The molecule has 6 aromatic carbocycles. The van der Waals surface area contributed by atoms with Gasteiger partial charge in [0.1, 0.15) is 0 Å². The van der Waals surface area contributed by atoms with E-state index in [0.717, 1.165) is 21.9 Å². The predicted octanol–water partition coefficient (Wildman–Crippen LogP) is 14.1. The normalized spacial score (nSPS) is 20.8. The molecule has 3 aliphatic heterocycles. The summed E-state index contributed by atoms with van der Waals surface area (Å²) in [6.07, 6.45) is 3.78. The highest BCUT2D eigenvalue weighted by Gasteiger charge is 2.64. The molecule has 2 spiro atoms. The van der Waals surface area contributed by atoms with Gasteiger partial charge >= 0.3 is 21.1 Å². The average Bonchev–Trinajstić information content (AvgIpc) is 3.10. The summed E-state index contributed by atoms with van der Waals surface area (Å²) >= 11 is 6.46. The molecule has 0 unspecified atom stereocenters. The fourth-order valence-electron chi connectivity index (χ4n) is 13.0. The van der Waals surface area contributed by atoms with Crippen LogP contribution in [0.15, 0.2) is 170 Å². The van der Waals surface area contributed by atoms with Crippen LogP contribution in [0.25, 0.3) is 44.8 Å². The van der Waals surface area contributed by atoms with Gasteiger partial charge in [-0.15, -0.1) is 0 Å². The third-order valence-corrected chi connectivity index (χ3v) is 19.2. The Morgan fingerprint density at radius 3 is 1.03 bits per heavy atom. The van der Waals surface area contributed by atoms with Gasteiger partial charge in [-0.05, 0) is 180 Å². The van der Waals surface area contributed by atoms with Crippen molar-refractivity contribution < 1.29 is 27.9 Å². The van der Waals surface area contributed by atoms with Gasteiger partial charge in [0.15, 0.2) is 0 Å². The topological polar surface area (TPSA) is 81.2 Å². The smallest absolute Gasteiger partial charge is 0.405 e. The van der Waals surface area contributed by atoms with Crippen LogP contribution in [0, 0.1) is 0 Å². The Bertz CT molecular complexity index is 3550. The summed E-state index contributed by atoms with van der Waals surface area (Å²) in [6.45, 7) is 24.6. The standard InChI is InChI=1S/C30H26BNO2.C24H14ClN.C12H24B2O4/c1-28(2)29(3,4)34-31(33-28)19-15-16-22-26(18-19)30(25-14-9-17-32-27(22)25)23-12-7-5-10-20(23)21-11-6-8-13-24(21)30;25-15-11-12-18-22(14-15)24(21-10-5-13-26-23(18)21)19-8-3-1-6-16(19)17-7-2-4-9-20(17)24;1-9(2)10(3,4)16-13(15-9)14-17-11(5,6)12(7,8)18-14/h5-18H,1-4H3;1-14H;1-8H3. The Balaban J connectivity index is 0.000000117. The van der Waals surface area contributed by atoms with Crippen molar-refractivity contribution in [2.75, 3.05) is 0 Å². The second-order valence-corrected chi connectivity index (χ2v) is 25.3. The van der Waals surface area contributed by atoms with Crippen LogP contribution in [-0.4, -0.2) is 64.7 Å². The summed E-state index contributed by atoms with van der Waals surface area (Å²) < 4.78 is 36.7. The minimum Gasteiger partial charge on any atom is -0.405 e. The molecule has 7 aliphatic rings. The molecule has 0 bridgehead atoms. The molecule has 0 atom stereocenters. The number of pyridine rings is 2. The Morgan fingerprint density at radius 2 is 0.641 bits per heavy atom. The van der Waals surface area contributed by atoms with E-state index in [1.54, 1.807) is 0 Å². The zero-order valence-corrected chi connectivity index (χ0v) is 47.4. The van der Waals surface area contributed by atoms with E-state index in [9.17, 15) is 0 Å².